The van der Waals surface area contributed by atoms with Crippen LogP contribution in [-0.4, -0.2) is 27.9 Å². The number of pyridine rings is 1. The summed E-state index contributed by atoms with van der Waals surface area (Å²) in [6.07, 6.45) is 3.69. The van der Waals surface area contributed by atoms with Gasteiger partial charge in [0.15, 0.2) is 0 Å². The molecule has 4 nitrogen and oxygen atoms in total. The zero-order chi connectivity index (χ0) is 14.5. The van der Waals surface area contributed by atoms with Gasteiger partial charge in [0.25, 0.3) is 0 Å². The van der Waals surface area contributed by atoms with E-state index in [0.717, 1.165) is 35.2 Å². The van der Waals surface area contributed by atoms with E-state index in [2.05, 4.69) is 49.0 Å². The van der Waals surface area contributed by atoms with Crippen LogP contribution in [0.25, 0.3) is 0 Å². The molecule has 1 atom stereocenters. The molecule has 0 fully saturated rings. The minimum atomic E-state index is 0.350. The Labute approximate surface area is 128 Å². The number of nitrogens with zero attached hydrogens (tertiary/aromatic N) is 3. The maximum atomic E-state index is 4.55. The highest BCUT2D eigenvalue weighted by atomic mass is 79.9. The molecule has 2 aromatic heterocycles. The maximum Gasteiger partial charge on any atom is 0.0738 e. The Kier molecular flexibility index (Phi) is 5.31. The molecule has 1 N–H and O–H groups in total. The molecular weight excluding hydrogens is 316 g/mol. The molecule has 0 saturated carbocycles. The summed E-state index contributed by atoms with van der Waals surface area (Å²) in [5.41, 5.74) is 3.41. The summed E-state index contributed by atoms with van der Waals surface area (Å²) in [6, 6.07) is 6.40. The fraction of sp³-hybridized carbons (Fsp3) is 0.467. The van der Waals surface area contributed by atoms with Crippen molar-refractivity contribution in [2.24, 2.45) is 0 Å². The smallest absolute Gasteiger partial charge is 0.0738 e. The molecule has 0 aliphatic rings. The largest absolute Gasteiger partial charge is 0.316 e. The Bertz CT molecular complexity index is 551. The third-order valence-electron chi connectivity index (χ3n) is 3.48. The van der Waals surface area contributed by atoms with E-state index in [0.29, 0.717) is 6.04 Å². The molecule has 2 heterocycles. The molecule has 0 radical (unpaired) electrons. The molecule has 5 heteroatoms. The Balaban J connectivity index is 2.14. The van der Waals surface area contributed by atoms with Crippen LogP contribution in [0.4, 0.5) is 0 Å². The SMILES string of the molecule is CCn1nc(C)c(Br)c1CC(Cc1ccccn1)NC. The Morgan fingerprint density at radius 3 is 2.75 bits per heavy atom. The van der Waals surface area contributed by atoms with Crippen LogP contribution in [-0.2, 0) is 19.4 Å². The molecule has 0 saturated heterocycles. The molecule has 0 aliphatic heterocycles. The molecule has 2 aromatic rings. The zero-order valence-electron chi connectivity index (χ0n) is 12.2. The summed E-state index contributed by atoms with van der Waals surface area (Å²) >= 11 is 3.66. The summed E-state index contributed by atoms with van der Waals surface area (Å²) in [7, 11) is 2.00. The van der Waals surface area contributed by atoms with E-state index in [-0.39, 0.29) is 0 Å². The van der Waals surface area contributed by atoms with Gasteiger partial charge < -0.3 is 5.32 Å². The second kappa shape index (κ2) is 6.99. The van der Waals surface area contributed by atoms with Gasteiger partial charge in [0.2, 0.25) is 0 Å². The number of nitrogens with one attached hydrogen (secondary N) is 1. The van der Waals surface area contributed by atoms with Crippen LogP contribution in [0.2, 0.25) is 0 Å². The lowest BCUT2D eigenvalue weighted by Crippen LogP contribution is -2.31. The second-order valence-corrected chi connectivity index (χ2v) is 5.67. The van der Waals surface area contributed by atoms with Crippen molar-refractivity contribution >= 4 is 15.9 Å². The number of likely N-dealkylation sites (N-methyl/N-ethyl adjacent to an activating group) is 1. The van der Waals surface area contributed by atoms with Crippen LogP contribution in [0.1, 0.15) is 24.0 Å². The summed E-state index contributed by atoms with van der Waals surface area (Å²) in [5, 5.41) is 7.93. The molecule has 2 rings (SSSR count). The minimum absolute atomic E-state index is 0.350. The second-order valence-electron chi connectivity index (χ2n) is 4.88. The Morgan fingerprint density at radius 1 is 1.35 bits per heavy atom. The molecule has 0 spiro atoms. The predicted molar refractivity (Wildman–Crippen MR) is 84.8 cm³/mol. The summed E-state index contributed by atoms with van der Waals surface area (Å²) in [5.74, 6) is 0. The molecule has 108 valence electrons. The Hall–Kier alpha value is -1.20. The van der Waals surface area contributed by atoms with E-state index >= 15 is 0 Å². The van der Waals surface area contributed by atoms with Crippen molar-refractivity contribution in [3.05, 3.63) is 46.0 Å². The number of hydrogen-bond donors (Lipinski definition) is 1. The number of aromatic nitrogens is 3. The first-order chi connectivity index (χ1) is 9.65. The standard InChI is InChI=1S/C15H21BrN4/c1-4-20-14(15(16)11(2)19-20)10-13(17-3)9-12-7-5-6-8-18-12/h5-8,13,17H,4,9-10H2,1-3H3. The lowest BCUT2D eigenvalue weighted by atomic mass is 10.1. The molecular formula is C15H21BrN4. The quantitative estimate of drug-likeness (QED) is 0.881. The molecule has 20 heavy (non-hydrogen) atoms. The summed E-state index contributed by atoms with van der Waals surface area (Å²) < 4.78 is 3.20. The van der Waals surface area contributed by atoms with Gasteiger partial charge in [0, 0.05) is 37.3 Å². The minimum Gasteiger partial charge on any atom is -0.316 e. The van der Waals surface area contributed by atoms with Gasteiger partial charge in [-0.1, -0.05) is 6.07 Å². The molecule has 0 amide bonds. The van der Waals surface area contributed by atoms with Crippen LogP contribution in [0.5, 0.6) is 0 Å². The zero-order valence-corrected chi connectivity index (χ0v) is 13.8. The highest BCUT2D eigenvalue weighted by Gasteiger charge is 2.17. The highest BCUT2D eigenvalue weighted by Crippen LogP contribution is 2.22. The molecule has 0 aliphatic carbocycles. The predicted octanol–water partition coefficient (Wildman–Crippen LogP) is 2.74. The number of rotatable bonds is 6. The van der Waals surface area contributed by atoms with Gasteiger partial charge in [-0.3, -0.25) is 9.67 Å². The van der Waals surface area contributed by atoms with Crippen LogP contribution in [0, 0.1) is 6.92 Å². The first-order valence-electron chi connectivity index (χ1n) is 6.94. The van der Waals surface area contributed by atoms with Crippen molar-refractivity contribution in [1.82, 2.24) is 20.1 Å². The van der Waals surface area contributed by atoms with Gasteiger partial charge >= 0.3 is 0 Å². The topological polar surface area (TPSA) is 42.7 Å². The van der Waals surface area contributed by atoms with E-state index in [1.165, 1.54) is 5.69 Å². The summed E-state index contributed by atoms with van der Waals surface area (Å²) in [6.45, 7) is 5.05. The fourth-order valence-corrected chi connectivity index (χ4v) is 2.79. The number of hydrogen-bond acceptors (Lipinski definition) is 3. The van der Waals surface area contributed by atoms with Gasteiger partial charge in [0.05, 0.1) is 15.9 Å². The Morgan fingerprint density at radius 2 is 2.15 bits per heavy atom. The normalized spacial score (nSPS) is 12.6. The van der Waals surface area contributed by atoms with Crippen LogP contribution in [0.3, 0.4) is 0 Å². The lowest BCUT2D eigenvalue weighted by Gasteiger charge is -2.17. The van der Waals surface area contributed by atoms with Crippen molar-refractivity contribution in [3.8, 4) is 0 Å². The highest BCUT2D eigenvalue weighted by molar-refractivity contribution is 9.10. The van der Waals surface area contributed by atoms with Crippen molar-refractivity contribution in [2.45, 2.75) is 39.3 Å². The molecule has 0 aromatic carbocycles. The van der Waals surface area contributed by atoms with Gasteiger partial charge in [-0.15, -0.1) is 0 Å². The van der Waals surface area contributed by atoms with Gasteiger partial charge in [-0.2, -0.15) is 5.10 Å². The van der Waals surface area contributed by atoms with E-state index in [1.54, 1.807) is 0 Å². The van der Waals surface area contributed by atoms with Crippen molar-refractivity contribution in [3.63, 3.8) is 0 Å². The third-order valence-corrected chi connectivity index (χ3v) is 4.51. The summed E-state index contributed by atoms with van der Waals surface area (Å²) in [4.78, 5) is 4.40. The van der Waals surface area contributed by atoms with Crippen LogP contribution in [0.15, 0.2) is 28.9 Å². The van der Waals surface area contributed by atoms with Gasteiger partial charge in [-0.05, 0) is 49.0 Å². The number of halogens is 1. The first kappa shape index (κ1) is 15.2. The monoisotopic (exact) mass is 336 g/mol. The number of aryl methyl sites for hydroxylation is 2. The third kappa shape index (κ3) is 3.46. The van der Waals surface area contributed by atoms with E-state index in [1.807, 2.05) is 32.3 Å². The fourth-order valence-electron chi connectivity index (χ4n) is 2.35. The molecule has 0 bridgehead atoms. The van der Waals surface area contributed by atoms with E-state index < -0.39 is 0 Å². The van der Waals surface area contributed by atoms with Crippen LogP contribution >= 0.6 is 15.9 Å². The van der Waals surface area contributed by atoms with Crippen molar-refractivity contribution < 1.29 is 0 Å². The average molecular weight is 337 g/mol. The van der Waals surface area contributed by atoms with Gasteiger partial charge in [0.1, 0.15) is 0 Å². The maximum absolute atomic E-state index is 4.55. The van der Waals surface area contributed by atoms with Crippen molar-refractivity contribution in [1.29, 1.82) is 0 Å². The van der Waals surface area contributed by atoms with Gasteiger partial charge in [-0.25, -0.2) is 0 Å². The van der Waals surface area contributed by atoms with Crippen LogP contribution < -0.4 is 5.32 Å². The lowest BCUT2D eigenvalue weighted by molar-refractivity contribution is 0.515. The first-order valence-corrected chi connectivity index (χ1v) is 7.74. The van der Waals surface area contributed by atoms with E-state index in [4.69, 9.17) is 0 Å². The molecule has 1 unspecified atom stereocenters. The van der Waals surface area contributed by atoms with Crippen molar-refractivity contribution in [2.75, 3.05) is 7.05 Å². The average Bonchev–Trinajstić information content (AvgIpc) is 2.75. The van der Waals surface area contributed by atoms with E-state index in [9.17, 15) is 0 Å².